The monoisotopic (exact) mass is 179 g/mol. The highest BCUT2D eigenvalue weighted by Gasteiger charge is 2.57. The van der Waals surface area contributed by atoms with Crippen LogP contribution in [0.25, 0.3) is 0 Å². The van der Waals surface area contributed by atoms with Gasteiger partial charge in [-0.05, 0) is 6.92 Å². The van der Waals surface area contributed by atoms with Crippen molar-refractivity contribution in [3.8, 4) is 0 Å². The third-order valence-corrected chi connectivity index (χ3v) is 0.893. The van der Waals surface area contributed by atoms with Gasteiger partial charge in [-0.25, -0.2) is 4.39 Å². The minimum Gasteiger partial charge on any atom is -0.247 e. The van der Waals surface area contributed by atoms with Crippen LogP contribution in [0.1, 0.15) is 6.42 Å². The van der Waals surface area contributed by atoms with E-state index in [1.807, 2.05) is 0 Å². The van der Waals surface area contributed by atoms with Crippen LogP contribution in [-0.4, -0.2) is 18.3 Å². The zero-order valence-electron chi connectivity index (χ0n) is 5.26. The van der Waals surface area contributed by atoms with Crippen molar-refractivity contribution in [2.24, 2.45) is 0 Å². The number of hydrogen-bond acceptors (Lipinski definition) is 0. The molecule has 0 aliphatic heterocycles. The van der Waals surface area contributed by atoms with Crippen LogP contribution in [0, 0.1) is 6.92 Å². The van der Waals surface area contributed by atoms with Crippen LogP contribution in [-0.2, 0) is 0 Å². The van der Waals surface area contributed by atoms with Gasteiger partial charge in [0.25, 0.3) is 0 Å². The Labute approximate surface area is 59.2 Å². The van der Waals surface area contributed by atoms with E-state index < -0.39 is 24.7 Å². The van der Waals surface area contributed by atoms with Crippen molar-refractivity contribution in [2.75, 3.05) is 0 Å². The molecule has 0 saturated heterocycles. The van der Waals surface area contributed by atoms with Gasteiger partial charge in [-0.2, -0.15) is 22.0 Å². The highest BCUT2D eigenvalue weighted by Crippen LogP contribution is 2.39. The Bertz CT molecular complexity index is 123. The largest absolute Gasteiger partial charge is 0.453 e. The standard InChI is InChI=1S/C5H5F6/c1-3(6)2-4(7,8)5(9,10)11/h3H,1-2H2. The van der Waals surface area contributed by atoms with Gasteiger partial charge in [0.1, 0.15) is 6.17 Å². The van der Waals surface area contributed by atoms with Crippen LogP contribution >= 0.6 is 0 Å². The maximum atomic E-state index is 11.8. The average Bonchev–Trinajstić information content (AvgIpc) is 1.56. The molecule has 1 unspecified atom stereocenters. The minimum absolute atomic E-state index is 1.92. The molecule has 0 heterocycles. The van der Waals surface area contributed by atoms with Gasteiger partial charge in [-0.3, -0.25) is 0 Å². The molecule has 0 fully saturated rings. The molecule has 11 heavy (non-hydrogen) atoms. The third kappa shape index (κ3) is 2.98. The summed E-state index contributed by atoms with van der Waals surface area (Å²) in [6, 6.07) is 0. The van der Waals surface area contributed by atoms with Crippen molar-refractivity contribution >= 4 is 0 Å². The molecule has 0 rings (SSSR count). The molecule has 0 amide bonds. The molecule has 0 spiro atoms. The molecule has 0 aromatic carbocycles. The first kappa shape index (κ1) is 10.6. The van der Waals surface area contributed by atoms with Gasteiger partial charge in [0, 0.05) is 0 Å². The summed E-state index contributed by atoms with van der Waals surface area (Å²) in [5.41, 5.74) is 0. The molecular weight excluding hydrogens is 174 g/mol. The lowest BCUT2D eigenvalue weighted by molar-refractivity contribution is -0.287. The molecule has 1 radical (unpaired) electrons. The quantitative estimate of drug-likeness (QED) is 0.571. The summed E-state index contributed by atoms with van der Waals surface area (Å²) in [5.74, 6) is -4.98. The lowest BCUT2D eigenvalue weighted by atomic mass is 10.2. The summed E-state index contributed by atoms with van der Waals surface area (Å²) in [7, 11) is 0. The summed E-state index contributed by atoms with van der Waals surface area (Å²) in [6.45, 7) is 2.39. The Morgan fingerprint density at radius 3 is 1.55 bits per heavy atom. The number of hydrogen-bond donors (Lipinski definition) is 0. The first-order valence-corrected chi connectivity index (χ1v) is 2.58. The average molecular weight is 179 g/mol. The fourth-order valence-electron chi connectivity index (χ4n) is 0.394. The first-order chi connectivity index (χ1) is 4.67. The molecule has 1 atom stereocenters. The summed E-state index contributed by atoms with van der Waals surface area (Å²) in [5, 5.41) is 0. The van der Waals surface area contributed by atoms with Crippen molar-refractivity contribution in [3.63, 3.8) is 0 Å². The second-order valence-electron chi connectivity index (χ2n) is 2.00. The summed E-state index contributed by atoms with van der Waals surface area (Å²) in [4.78, 5) is 0. The molecule has 0 N–H and O–H groups in total. The van der Waals surface area contributed by atoms with Gasteiger partial charge < -0.3 is 0 Å². The smallest absolute Gasteiger partial charge is 0.247 e. The van der Waals surface area contributed by atoms with E-state index in [-0.39, 0.29) is 0 Å². The normalized spacial score (nSPS) is 16.6. The van der Waals surface area contributed by atoms with Gasteiger partial charge in [0.2, 0.25) is 0 Å². The van der Waals surface area contributed by atoms with E-state index in [0.717, 1.165) is 0 Å². The molecule has 0 saturated carbocycles. The third-order valence-electron chi connectivity index (χ3n) is 0.893. The van der Waals surface area contributed by atoms with Crippen LogP contribution in [0.2, 0.25) is 0 Å². The van der Waals surface area contributed by atoms with Crippen molar-refractivity contribution in [1.82, 2.24) is 0 Å². The SMILES string of the molecule is [CH2]C(F)CC(F)(F)C(F)(F)F. The Morgan fingerprint density at radius 2 is 1.45 bits per heavy atom. The van der Waals surface area contributed by atoms with Crippen molar-refractivity contribution < 1.29 is 26.3 Å². The van der Waals surface area contributed by atoms with E-state index >= 15 is 0 Å². The Balaban J connectivity index is 4.22. The zero-order valence-corrected chi connectivity index (χ0v) is 5.26. The zero-order chi connectivity index (χ0) is 9.28. The van der Waals surface area contributed by atoms with Crippen molar-refractivity contribution in [2.45, 2.75) is 24.7 Å². The molecule has 0 nitrogen and oxygen atoms in total. The molecule has 0 bridgehead atoms. The van der Waals surface area contributed by atoms with Crippen LogP contribution < -0.4 is 0 Å². The summed E-state index contributed by atoms with van der Waals surface area (Å²) < 4.78 is 68.9. The van der Waals surface area contributed by atoms with Gasteiger partial charge in [-0.15, -0.1) is 0 Å². The highest BCUT2D eigenvalue weighted by molar-refractivity contribution is 4.79. The Morgan fingerprint density at radius 1 is 1.09 bits per heavy atom. The second kappa shape index (κ2) is 2.91. The van der Waals surface area contributed by atoms with Crippen LogP contribution in [0.15, 0.2) is 0 Å². The fraction of sp³-hybridized carbons (Fsp3) is 0.800. The molecule has 6 heteroatoms. The van der Waals surface area contributed by atoms with E-state index in [0.29, 0.717) is 0 Å². The topological polar surface area (TPSA) is 0 Å². The molecular formula is C5H5F6. The highest BCUT2D eigenvalue weighted by atomic mass is 19.4. The Hall–Kier alpha value is -0.420. The lowest BCUT2D eigenvalue weighted by Crippen LogP contribution is -2.38. The number of alkyl halides is 6. The van der Waals surface area contributed by atoms with E-state index in [1.54, 1.807) is 0 Å². The molecule has 0 aromatic heterocycles. The van der Waals surface area contributed by atoms with Gasteiger partial charge in [-0.1, -0.05) is 0 Å². The van der Waals surface area contributed by atoms with E-state index in [9.17, 15) is 26.3 Å². The van der Waals surface area contributed by atoms with Crippen molar-refractivity contribution in [3.05, 3.63) is 6.92 Å². The van der Waals surface area contributed by atoms with E-state index in [1.165, 1.54) is 0 Å². The first-order valence-electron chi connectivity index (χ1n) is 2.58. The Kier molecular flexibility index (Phi) is 2.79. The minimum atomic E-state index is -5.69. The van der Waals surface area contributed by atoms with Crippen LogP contribution in [0.4, 0.5) is 26.3 Å². The van der Waals surface area contributed by atoms with Crippen LogP contribution in [0.5, 0.6) is 0 Å². The second-order valence-corrected chi connectivity index (χ2v) is 2.00. The van der Waals surface area contributed by atoms with Gasteiger partial charge in [0.05, 0.1) is 6.42 Å². The van der Waals surface area contributed by atoms with Gasteiger partial charge >= 0.3 is 12.1 Å². The van der Waals surface area contributed by atoms with E-state index in [4.69, 9.17) is 0 Å². The maximum Gasteiger partial charge on any atom is 0.453 e. The van der Waals surface area contributed by atoms with E-state index in [2.05, 4.69) is 6.92 Å². The number of rotatable bonds is 2. The summed E-state index contributed by atoms with van der Waals surface area (Å²) >= 11 is 0. The molecule has 0 aromatic rings. The molecule has 0 aliphatic carbocycles. The summed E-state index contributed by atoms with van der Waals surface area (Å²) in [6.07, 6.45) is -10.0. The van der Waals surface area contributed by atoms with Crippen LogP contribution in [0.3, 0.4) is 0 Å². The molecule has 67 valence electrons. The lowest BCUT2D eigenvalue weighted by Gasteiger charge is -2.19. The maximum absolute atomic E-state index is 11.8. The predicted molar refractivity (Wildman–Crippen MR) is 25.9 cm³/mol. The van der Waals surface area contributed by atoms with Crippen molar-refractivity contribution in [1.29, 1.82) is 0 Å². The number of halogens is 6. The molecule has 0 aliphatic rings. The van der Waals surface area contributed by atoms with Gasteiger partial charge in [0.15, 0.2) is 0 Å². The fourth-order valence-corrected chi connectivity index (χ4v) is 0.394. The predicted octanol–water partition coefficient (Wildman–Crippen LogP) is 2.75.